The molecule has 0 fully saturated rings. The minimum absolute atomic E-state index is 0.669. The van der Waals surface area contributed by atoms with Crippen molar-refractivity contribution >= 4 is 0 Å². The molecule has 4 heteroatoms. The molecule has 2 N–H and O–H groups in total. The molecule has 0 amide bonds. The molecule has 20 heavy (non-hydrogen) atoms. The molecule has 0 saturated heterocycles. The molecule has 0 aliphatic carbocycles. The minimum Gasteiger partial charge on any atom is -0.330 e. The van der Waals surface area contributed by atoms with E-state index in [1.807, 2.05) is 0 Å². The van der Waals surface area contributed by atoms with E-state index in [-0.39, 0.29) is 0 Å². The number of hydrogen-bond donors (Lipinski definition) is 1. The van der Waals surface area contributed by atoms with Crippen molar-refractivity contribution in [3.05, 3.63) is 22.8 Å². The van der Waals surface area contributed by atoms with Crippen LogP contribution in [0.25, 0.3) is 0 Å². The summed E-state index contributed by atoms with van der Waals surface area (Å²) in [5, 5.41) is 0. The third-order valence-corrected chi connectivity index (χ3v) is 3.83. The summed E-state index contributed by atoms with van der Waals surface area (Å²) in [6, 6.07) is 0. The molecule has 0 atom stereocenters. The highest BCUT2D eigenvalue weighted by atomic mass is 15.1. The van der Waals surface area contributed by atoms with Crippen LogP contribution in [0.1, 0.15) is 50.5 Å². The summed E-state index contributed by atoms with van der Waals surface area (Å²) in [6.45, 7) is 12.6. The Labute approximate surface area is 123 Å². The average molecular weight is 278 g/mol. The lowest BCUT2D eigenvalue weighted by Crippen LogP contribution is -2.26. The fraction of sp³-hybridized carbons (Fsp3) is 0.750. The second-order valence-electron chi connectivity index (χ2n) is 5.03. The monoisotopic (exact) mass is 278 g/mol. The summed E-state index contributed by atoms with van der Waals surface area (Å²) < 4.78 is 0. The van der Waals surface area contributed by atoms with Crippen LogP contribution in [0, 0.1) is 0 Å². The first-order valence-electron chi connectivity index (χ1n) is 7.99. The molecule has 0 aliphatic rings. The van der Waals surface area contributed by atoms with Gasteiger partial charge in [0.15, 0.2) is 0 Å². The largest absolute Gasteiger partial charge is 0.330 e. The van der Waals surface area contributed by atoms with Crippen LogP contribution in [-0.2, 0) is 25.7 Å². The van der Waals surface area contributed by atoms with Gasteiger partial charge in [0, 0.05) is 24.4 Å². The lowest BCUT2D eigenvalue weighted by atomic mass is 10.0. The zero-order valence-corrected chi connectivity index (χ0v) is 13.6. The highest BCUT2D eigenvalue weighted by Crippen LogP contribution is 2.14. The molecule has 1 aromatic rings. The Hall–Kier alpha value is -1.00. The van der Waals surface area contributed by atoms with Crippen molar-refractivity contribution in [1.29, 1.82) is 0 Å². The van der Waals surface area contributed by atoms with Gasteiger partial charge < -0.3 is 10.6 Å². The molecular weight excluding hydrogens is 248 g/mol. The number of aromatic nitrogens is 2. The van der Waals surface area contributed by atoms with E-state index in [4.69, 9.17) is 15.7 Å². The Kier molecular flexibility index (Phi) is 7.70. The van der Waals surface area contributed by atoms with Crippen LogP contribution in [0.4, 0.5) is 0 Å². The first kappa shape index (κ1) is 17.1. The number of nitrogens with two attached hydrogens (primary N) is 1. The average Bonchev–Trinajstić information content (AvgIpc) is 2.49. The second-order valence-corrected chi connectivity index (χ2v) is 5.03. The third kappa shape index (κ3) is 4.53. The maximum absolute atomic E-state index is 5.72. The van der Waals surface area contributed by atoms with Crippen LogP contribution in [0.3, 0.4) is 0 Å². The van der Waals surface area contributed by atoms with Crippen LogP contribution >= 0.6 is 0 Å². The summed E-state index contributed by atoms with van der Waals surface area (Å²) in [5.41, 5.74) is 9.38. The zero-order valence-electron chi connectivity index (χ0n) is 13.6. The van der Waals surface area contributed by atoms with Crippen molar-refractivity contribution in [3.63, 3.8) is 0 Å². The first-order chi connectivity index (χ1) is 9.69. The van der Waals surface area contributed by atoms with E-state index >= 15 is 0 Å². The van der Waals surface area contributed by atoms with Gasteiger partial charge in [-0.3, -0.25) is 0 Å². The zero-order chi connectivity index (χ0) is 15.0. The molecule has 0 spiro atoms. The predicted molar refractivity (Wildman–Crippen MR) is 85.0 cm³/mol. The number of likely N-dealkylation sites (N-methyl/N-ethyl adjacent to an activating group) is 1. The fourth-order valence-corrected chi connectivity index (χ4v) is 2.57. The molecule has 0 bridgehead atoms. The highest BCUT2D eigenvalue weighted by molar-refractivity contribution is 5.27. The van der Waals surface area contributed by atoms with Gasteiger partial charge in [0.2, 0.25) is 0 Å². The fourth-order valence-electron chi connectivity index (χ4n) is 2.57. The number of nitrogens with zero attached hydrogens (tertiary/aromatic N) is 3. The Balaban J connectivity index is 2.92. The van der Waals surface area contributed by atoms with Crippen molar-refractivity contribution in [1.82, 2.24) is 14.9 Å². The number of aryl methyl sites for hydroxylation is 2. The topological polar surface area (TPSA) is 55.0 Å². The van der Waals surface area contributed by atoms with Gasteiger partial charge in [-0.05, 0) is 44.5 Å². The number of hydrogen-bond acceptors (Lipinski definition) is 4. The van der Waals surface area contributed by atoms with Gasteiger partial charge in [0.05, 0.1) is 0 Å². The molecule has 0 radical (unpaired) electrons. The van der Waals surface area contributed by atoms with Gasteiger partial charge >= 0.3 is 0 Å². The van der Waals surface area contributed by atoms with Crippen LogP contribution < -0.4 is 5.73 Å². The highest BCUT2D eigenvalue weighted by Gasteiger charge is 2.12. The van der Waals surface area contributed by atoms with Crippen molar-refractivity contribution in [2.24, 2.45) is 5.73 Å². The molecule has 1 aromatic heterocycles. The molecule has 0 saturated carbocycles. The molecular formula is C16H30N4. The summed E-state index contributed by atoms with van der Waals surface area (Å²) in [5.74, 6) is 0.992. The lowest BCUT2D eigenvalue weighted by Gasteiger charge is -2.18. The van der Waals surface area contributed by atoms with Gasteiger partial charge in [0.25, 0.3) is 0 Å². The Morgan fingerprint density at radius 1 is 0.900 bits per heavy atom. The molecule has 4 nitrogen and oxygen atoms in total. The molecule has 1 heterocycles. The lowest BCUT2D eigenvalue weighted by molar-refractivity contribution is 0.305. The SMILES string of the molecule is CCc1nc(CCN(CC)CC)nc(CC)c1CCN. The summed E-state index contributed by atoms with van der Waals surface area (Å²) in [4.78, 5) is 11.9. The van der Waals surface area contributed by atoms with Gasteiger partial charge in [-0.25, -0.2) is 9.97 Å². The molecule has 0 aromatic carbocycles. The van der Waals surface area contributed by atoms with E-state index < -0.39 is 0 Å². The van der Waals surface area contributed by atoms with Crippen LogP contribution in [0.15, 0.2) is 0 Å². The van der Waals surface area contributed by atoms with E-state index in [9.17, 15) is 0 Å². The minimum atomic E-state index is 0.669. The third-order valence-electron chi connectivity index (χ3n) is 3.83. The summed E-state index contributed by atoms with van der Waals surface area (Å²) in [6.07, 6.45) is 3.75. The maximum Gasteiger partial charge on any atom is 0.130 e. The Morgan fingerprint density at radius 3 is 1.85 bits per heavy atom. The van der Waals surface area contributed by atoms with Crippen molar-refractivity contribution < 1.29 is 0 Å². The summed E-state index contributed by atoms with van der Waals surface area (Å²) in [7, 11) is 0. The molecule has 0 aliphatic heterocycles. The quantitative estimate of drug-likeness (QED) is 0.750. The van der Waals surface area contributed by atoms with Gasteiger partial charge in [-0.1, -0.05) is 27.7 Å². The smallest absolute Gasteiger partial charge is 0.130 e. The Morgan fingerprint density at radius 2 is 1.45 bits per heavy atom. The second kappa shape index (κ2) is 9.03. The van der Waals surface area contributed by atoms with Gasteiger partial charge in [0.1, 0.15) is 5.82 Å². The van der Waals surface area contributed by atoms with E-state index in [1.165, 1.54) is 17.0 Å². The van der Waals surface area contributed by atoms with Crippen molar-refractivity contribution in [2.75, 3.05) is 26.2 Å². The molecule has 1 rings (SSSR count). The van der Waals surface area contributed by atoms with Gasteiger partial charge in [-0.15, -0.1) is 0 Å². The van der Waals surface area contributed by atoms with Crippen LogP contribution in [-0.4, -0.2) is 41.0 Å². The van der Waals surface area contributed by atoms with E-state index in [2.05, 4.69) is 32.6 Å². The number of rotatable bonds is 9. The van der Waals surface area contributed by atoms with E-state index in [0.29, 0.717) is 6.54 Å². The van der Waals surface area contributed by atoms with E-state index in [1.54, 1.807) is 0 Å². The van der Waals surface area contributed by atoms with Crippen molar-refractivity contribution in [2.45, 2.75) is 53.4 Å². The molecule has 114 valence electrons. The normalized spacial score (nSPS) is 11.3. The van der Waals surface area contributed by atoms with Crippen LogP contribution in [0.5, 0.6) is 0 Å². The first-order valence-corrected chi connectivity index (χ1v) is 7.99. The van der Waals surface area contributed by atoms with Gasteiger partial charge in [-0.2, -0.15) is 0 Å². The summed E-state index contributed by atoms with van der Waals surface area (Å²) >= 11 is 0. The van der Waals surface area contributed by atoms with E-state index in [0.717, 1.165) is 51.1 Å². The van der Waals surface area contributed by atoms with Crippen LogP contribution in [0.2, 0.25) is 0 Å². The standard InChI is InChI=1S/C16H30N4/c1-5-14-13(9-11-17)15(6-2)19-16(18-14)10-12-20(7-3)8-4/h5-12,17H2,1-4H3. The molecule has 0 unspecified atom stereocenters. The maximum atomic E-state index is 5.72. The van der Waals surface area contributed by atoms with Crippen molar-refractivity contribution in [3.8, 4) is 0 Å². The predicted octanol–water partition coefficient (Wildman–Crippen LogP) is 1.99. The Bertz CT molecular complexity index is 374.